The van der Waals surface area contributed by atoms with Gasteiger partial charge in [-0.1, -0.05) is 6.92 Å². The van der Waals surface area contributed by atoms with Crippen molar-refractivity contribution >= 4 is 17.4 Å². The minimum absolute atomic E-state index is 0.274. The third kappa shape index (κ3) is 0.749. The predicted octanol–water partition coefficient (Wildman–Crippen LogP) is 0.989. The highest BCUT2D eigenvalue weighted by Crippen LogP contribution is 2.48. The molecule has 2 unspecified atom stereocenters. The molecule has 2 N–H and O–H groups in total. The SMILES string of the molecule is CC1CC(N)=N[C@@H]2C(Cl)[C@H]12. The molecule has 0 aromatic rings. The zero-order valence-corrected chi connectivity index (χ0v) is 6.67. The van der Waals surface area contributed by atoms with E-state index < -0.39 is 0 Å². The van der Waals surface area contributed by atoms with Gasteiger partial charge >= 0.3 is 0 Å². The van der Waals surface area contributed by atoms with Crippen LogP contribution in [0.1, 0.15) is 13.3 Å². The second kappa shape index (κ2) is 1.88. The van der Waals surface area contributed by atoms with Crippen LogP contribution in [0.2, 0.25) is 0 Å². The highest BCUT2D eigenvalue weighted by Gasteiger charge is 2.54. The molecule has 0 spiro atoms. The molecule has 10 heavy (non-hydrogen) atoms. The van der Waals surface area contributed by atoms with Crippen molar-refractivity contribution in [3.63, 3.8) is 0 Å². The van der Waals surface area contributed by atoms with Crippen molar-refractivity contribution in [1.29, 1.82) is 0 Å². The van der Waals surface area contributed by atoms with Crippen LogP contribution in [0, 0.1) is 11.8 Å². The van der Waals surface area contributed by atoms with Crippen molar-refractivity contribution in [3.05, 3.63) is 0 Å². The van der Waals surface area contributed by atoms with E-state index in [1.807, 2.05) is 0 Å². The van der Waals surface area contributed by atoms with Gasteiger partial charge in [-0.05, 0) is 5.92 Å². The van der Waals surface area contributed by atoms with E-state index in [1.54, 1.807) is 0 Å². The highest BCUT2D eigenvalue weighted by atomic mass is 35.5. The maximum atomic E-state index is 5.96. The number of fused-ring (bicyclic) bond motifs is 1. The van der Waals surface area contributed by atoms with Gasteiger partial charge in [0, 0.05) is 12.3 Å². The Kier molecular flexibility index (Phi) is 1.21. The molecule has 4 atom stereocenters. The monoisotopic (exact) mass is 158 g/mol. The number of amidine groups is 1. The van der Waals surface area contributed by atoms with E-state index in [-0.39, 0.29) is 5.38 Å². The number of aliphatic imine (C=N–C) groups is 1. The summed E-state index contributed by atoms with van der Waals surface area (Å²) in [4.78, 5) is 4.25. The molecular weight excluding hydrogens is 148 g/mol. The van der Waals surface area contributed by atoms with Crippen molar-refractivity contribution in [2.24, 2.45) is 22.6 Å². The van der Waals surface area contributed by atoms with Gasteiger partial charge in [0.2, 0.25) is 0 Å². The Bertz CT molecular complexity index is 190. The molecule has 1 heterocycles. The van der Waals surface area contributed by atoms with Crippen molar-refractivity contribution in [2.75, 3.05) is 0 Å². The van der Waals surface area contributed by atoms with E-state index in [0.29, 0.717) is 17.9 Å². The van der Waals surface area contributed by atoms with Gasteiger partial charge in [0.15, 0.2) is 0 Å². The summed E-state index contributed by atoms with van der Waals surface area (Å²) in [5, 5.41) is 0.274. The maximum absolute atomic E-state index is 5.96. The molecule has 0 radical (unpaired) electrons. The van der Waals surface area contributed by atoms with Crippen LogP contribution in [-0.4, -0.2) is 17.3 Å². The first-order chi connectivity index (χ1) is 4.70. The van der Waals surface area contributed by atoms with E-state index >= 15 is 0 Å². The zero-order valence-electron chi connectivity index (χ0n) is 5.92. The van der Waals surface area contributed by atoms with Gasteiger partial charge in [-0.2, -0.15) is 0 Å². The summed E-state index contributed by atoms with van der Waals surface area (Å²) < 4.78 is 0. The molecule has 1 aliphatic carbocycles. The van der Waals surface area contributed by atoms with Gasteiger partial charge in [-0.3, -0.25) is 4.99 Å². The quantitative estimate of drug-likeness (QED) is 0.525. The molecule has 0 amide bonds. The average Bonchev–Trinajstić information content (AvgIpc) is 2.42. The minimum Gasteiger partial charge on any atom is -0.387 e. The van der Waals surface area contributed by atoms with Gasteiger partial charge in [-0.15, -0.1) is 11.6 Å². The molecule has 2 rings (SSSR count). The molecule has 0 aromatic carbocycles. The van der Waals surface area contributed by atoms with Gasteiger partial charge in [0.1, 0.15) is 0 Å². The lowest BCUT2D eigenvalue weighted by molar-refractivity contribution is 0.499. The fourth-order valence-electron chi connectivity index (χ4n) is 1.80. The molecular formula is C7H11ClN2. The first-order valence-corrected chi connectivity index (χ1v) is 4.10. The van der Waals surface area contributed by atoms with Crippen LogP contribution >= 0.6 is 11.6 Å². The summed E-state index contributed by atoms with van der Waals surface area (Å²) in [7, 11) is 0. The number of halogens is 1. The Labute approximate surface area is 65.5 Å². The third-order valence-corrected chi connectivity index (χ3v) is 3.00. The second-order valence-corrected chi connectivity index (χ2v) is 3.82. The van der Waals surface area contributed by atoms with E-state index in [2.05, 4.69) is 11.9 Å². The molecule has 56 valence electrons. The summed E-state index contributed by atoms with van der Waals surface area (Å²) in [6.07, 6.45) is 0.935. The van der Waals surface area contributed by atoms with Crippen molar-refractivity contribution in [2.45, 2.75) is 24.8 Å². The predicted molar refractivity (Wildman–Crippen MR) is 42.3 cm³/mol. The number of rotatable bonds is 0. The number of nitrogens with two attached hydrogens (primary N) is 1. The van der Waals surface area contributed by atoms with E-state index in [1.165, 1.54) is 0 Å². The first kappa shape index (κ1) is 6.47. The molecule has 1 fully saturated rings. The first-order valence-electron chi connectivity index (χ1n) is 3.66. The fourth-order valence-corrected chi connectivity index (χ4v) is 2.34. The largest absolute Gasteiger partial charge is 0.387 e. The second-order valence-electron chi connectivity index (χ2n) is 3.31. The van der Waals surface area contributed by atoms with Crippen molar-refractivity contribution in [3.8, 4) is 0 Å². The number of nitrogens with zero attached hydrogens (tertiary/aromatic N) is 1. The molecule has 1 aliphatic heterocycles. The van der Waals surface area contributed by atoms with E-state index in [9.17, 15) is 0 Å². The molecule has 0 bridgehead atoms. The normalized spacial score (nSPS) is 51.6. The standard InChI is InChI=1S/C7H11ClN2/c1-3-2-4(9)10-7-5(3)6(7)8/h3,5-7H,2H2,1H3,(H2,9,10)/t3?,5-,6?,7-/m0/s1. The number of alkyl halides is 1. The van der Waals surface area contributed by atoms with Gasteiger partial charge in [0.05, 0.1) is 17.3 Å². The van der Waals surface area contributed by atoms with Crippen molar-refractivity contribution in [1.82, 2.24) is 0 Å². The summed E-state index contributed by atoms with van der Waals surface area (Å²) >= 11 is 5.96. The highest BCUT2D eigenvalue weighted by molar-refractivity contribution is 6.23. The van der Waals surface area contributed by atoms with Crippen LogP contribution < -0.4 is 5.73 Å². The third-order valence-electron chi connectivity index (χ3n) is 2.45. The smallest absolute Gasteiger partial charge is 0.0944 e. The Morgan fingerprint density at radius 2 is 2.40 bits per heavy atom. The summed E-state index contributed by atoms with van der Waals surface area (Å²) in [5.41, 5.74) is 5.60. The van der Waals surface area contributed by atoms with Gasteiger partial charge < -0.3 is 5.73 Å². The van der Waals surface area contributed by atoms with Crippen LogP contribution in [0.25, 0.3) is 0 Å². The van der Waals surface area contributed by atoms with Crippen LogP contribution in [0.3, 0.4) is 0 Å². The van der Waals surface area contributed by atoms with Crippen molar-refractivity contribution < 1.29 is 0 Å². The van der Waals surface area contributed by atoms with Gasteiger partial charge in [0.25, 0.3) is 0 Å². The Morgan fingerprint density at radius 3 is 3.00 bits per heavy atom. The summed E-state index contributed by atoms with van der Waals surface area (Å²) in [6.45, 7) is 2.20. The molecule has 2 nitrogen and oxygen atoms in total. The fraction of sp³-hybridized carbons (Fsp3) is 0.857. The molecule has 0 aromatic heterocycles. The summed E-state index contributed by atoms with van der Waals surface area (Å²) in [5.74, 6) is 2.05. The maximum Gasteiger partial charge on any atom is 0.0944 e. The van der Waals surface area contributed by atoms with Crippen LogP contribution in [0.15, 0.2) is 4.99 Å². The lowest BCUT2D eigenvalue weighted by Gasteiger charge is -2.13. The van der Waals surface area contributed by atoms with E-state index in [4.69, 9.17) is 17.3 Å². The number of hydrogen-bond acceptors (Lipinski definition) is 2. The molecule has 3 heteroatoms. The topological polar surface area (TPSA) is 38.4 Å². The number of hydrogen-bond donors (Lipinski definition) is 1. The minimum atomic E-state index is 0.274. The molecule has 1 saturated carbocycles. The van der Waals surface area contributed by atoms with Crippen LogP contribution in [0.4, 0.5) is 0 Å². The molecule has 0 saturated heterocycles. The van der Waals surface area contributed by atoms with E-state index in [0.717, 1.165) is 12.3 Å². The molecule has 2 aliphatic rings. The Balaban J connectivity index is 2.18. The lowest BCUT2D eigenvalue weighted by atomic mass is 9.99. The van der Waals surface area contributed by atoms with Crippen LogP contribution in [0.5, 0.6) is 0 Å². The lowest BCUT2D eigenvalue weighted by Crippen LogP contribution is -2.22. The Morgan fingerprint density at radius 1 is 1.70 bits per heavy atom. The Hall–Kier alpha value is -0.240. The van der Waals surface area contributed by atoms with Crippen LogP contribution in [-0.2, 0) is 0 Å². The summed E-state index contributed by atoms with van der Waals surface area (Å²) in [6, 6.07) is 0.352. The zero-order chi connectivity index (χ0) is 7.30. The average molecular weight is 159 g/mol. The van der Waals surface area contributed by atoms with Gasteiger partial charge in [-0.25, -0.2) is 0 Å².